The maximum absolute atomic E-state index is 11.4. The summed E-state index contributed by atoms with van der Waals surface area (Å²) in [5.41, 5.74) is 1.36. The largest absolute Gasteiger partial charge is 0.356 e. The van der Waals surface area contributed by atoms with E-state index in [0.29, 0.717) is 5.56 Å². The minimum absolute atomic E-state index is 0.151. The molecule has 1 heterocycles. The number of carbonyl (C=O) groups excluding carboxylic acids is 2. The van der Waals surface area contributed by atoms with E-state index in [1.165, 1.54) is 0 Å². The summed E-state index contributed by atoms with van der Waals surface area (Å²) in [6.07, 6.45) is -0.635. The number of epoxide rings is 1. The lowest BCUT2D eigenvalue weighted by atomic mass is 9.90. The minimum Gasteiger partial charge on any atom is -0.356 e. The Morgan fingerprint density at radius 1 is 1.08 bits per heavy atom. The maximum Gasteiger partial charge on any atom is 0.235 e. The fourth-order valence-electron chi connectivity index (χ4n) is 1.76. The summed E-state index contributed by atoms with van der Waals surface area (Å²) in [5.74, 6) is -0.807. The maximum atomic E-state index is 11.4. The molecule has 1 aromatic carbocycles. The molecule has 0 bridgehead atoms. The first-order chi connectivity index (χ1) is 6.29. The second-order valence-corrected chi connectivity index (χ2v) is 3.26. The average Bonchev–Trinajstić information content (AvgIpc) is 2.94. The zero-order valence-corrected chi connectivity index (χ0v) is 6.69. The first-order valence-corrected chi connectivity index (χ1v) is 4.12. The second kappa shape index (κ2) is 2.06. The molecule has 0 spiro atoms. The van der Waals surface area contributed by atoms with Crippen LogP contribution in [-0.2, 0) is 9.53 Å². The van der Waals surface area contributed by atoms with Crippen LogP contribution in [0.4, 0.5) is 0 Å². The highest BCUT2D eigenvalue weighted by Crippen LogP contribution is 2.44. The first-order valence-electron chi connectivity index (χ1n) is 4.12. The molecule has 3 heteroatoms. The highest BCUT2D eigenvalue weighted by molar-refractivity contribution is 6.47. The number of benzene rings is 1. The molecular formula is C10H6O3. The molecule has 64 valence electrons. The van der Waals surface area contributed by atoms with Crippen molar-refractivity contribution < 1.29 is 14.3 Å². The molecule has 2 atom stereocenters. The van der Waals surface area contributed by atoms with Gasteiger partial charge in [-0.25, -0.2) is 0 Å². The van der Waals surface area contributed by atoms with Crippen molar-refractivity contribution in [2.75, 3.05) is 0 Å². The van der Waals surface area contributed by atoms with Gasteiger partial charge in [-0.3, -0.25) is 9.59 Å². The van der Waals surface area contributed by atoms with Crippen molar-refractivity contribution in [2.45, 2.75) is 12.2 Å². The molecule has 13 heavy (non-hydrogen) atoms. The van der Waals surface area contributed by atoms with Crippen LogP contribution in [0.5, 0.6) is 0 Å². The Morgan fingerprint density at radius 3 is 2.69 bits per heavy atom. The summed E-state index contributed by atoms with van der Waals surface area (Å²) < 4.78 is 5.12. The number of rotatable bonds is 0. The molecule has 1 fully saturated rings. The van der Waals surface area contributed by atoms with Crippen molar-refractivity contribution >= 4 is 11.6 Å². The monoisotopic (exact) mass is 174 g/mol. The van der Waals surface area contributed by atoms with Gasteiger partial charge in [-0.2, -0.15) is 0 Å². The summed E-state index contributed by atoms with van der Waals surface area (Å²) in [4.78, 5) is 22.7. The molecule has 1 aliphatic carbocycles. The summed E-state index contributed by atoms with van der Waals surface area (Å²) >= 11 is 0. The molecule has 0 radical (unpaired) electrons. The molecule has 0 amide bonds. The van der Waals surface area contributed by atoms with Gasteiger partial charge in [-0.15, -0.1) is 0 Å². The second-order valence-electron chi connectivity index (χ2n) is 3.26. The van der Waals surface area contributed by atoms with Gasteiger partial charge in [0, 0.05) is 5.56 Å². The molecule has 0 N–H and O–H groups in total. The highest BCUT2D eigenvalue weighted by Gasteiger charge is 2.53. The molecule has 2 unspecified atom stereocenters. The zero-order chi connectivity index (χ0) is 9.00. The smallest absolute Gasteiger partial charge is 0.235 e. The Kier molecular flexibility index (Phi) is 1.10. The van der Waals surface area contributed by atoms with Gasteiger partial charge in [0.15, 0.2) is 6.10 Å². The third kappa shape index (κ3) is 0.769. The molecule has 1 saturated heterocycles. The fourth-order valence-corrected chi connectivity index (χ4v) is 1.76. The lowest BCUT2D eigenvalue weighted by Crippen LogP contribution is -2.25. The Labute approximate surface area is 74.3 Å². The zero-order valence-electron chi connectivity index (χ0n) is 6.69. The Balaban J connectivity index is 2.25. The summed E-state index contributed by atoms with van der Waals surface area (Å²) in [6.45, 7) is 0. The van der Waals surface area contributed by atoms with Crippen molar-refractivity contribution in [3.63, 3.8) is 0 Å². The van der Waals surface area contributed by atoms with Crippen molar-refractivity contribution in [3.05, 3.63) is 35.4 Å². The highest BCUT2D eigenvalue weighted by atomic mass is 16.6. The van der Waals surface area contributed by atoms with E-state index in [-0.39, 0.29) is 6.10 Å². The van der Waals surface area contributed by atoms with E-state index < -0.39 is 17.7 Å². The van der Waals surface area contributed by atoms with Crippen molar-refractivity contribution in [1.82, 2.24) is 0 Å². The van der Waals surface area contributed by atoms with Gasteiger partial charge in [0.1, 0.15) is 6.10 Å². The van der Waals surface area contributed by atoms with Gasteiger partial charge < -0.3 is 4.74 Å². The molecular weight excluding hydrogens is 168 g/mol. The molecule has 0 saturated carbocycles. The average molecular weight is 174 g/mol. The van der Waals surface area contributed by atoms with Crippen LogP contribution in [-0.4, -0.2) is 17.7 Å². The normalized spacial score (nSPS) is 29.5. The number of ketones is 2. The molecule has 3 rings (SSSR count). The molecule has 0 aromatic heterocycles. The number of fused-ring (bicyclic) bond motifs is 3. The van der Waals surface area contributed by atoms with Crippen LogP contribution in [0, 0.1) is 0 Å². The van der Waals surface area contributed by atoms with Crippen LogP contribution >= 0.6 is 0 Å². The predicted molar refractivity (Wildman–Crippen MR) is 43.4 cm³/mol. The van der Waals surface area contributed by atoms with Gasteiger partial charge in [0.05, 0.1) is 0 Å². The van der Waals surface area contributed by atoms with Crippen molar-refractivity contribution in [2.24, 2.45) is 0 Å². The first kappa shape index (κ1) is 6.97. The third-order valence-electron chi connectivity index (χ3n) is 2.49. The number of ether oxygens (including phenoxy) is 1. The third-order valence-corrected chi connectivity index (χ3v) is 2.49. The van der Waals surface area contributed by atoms with Crippen LogP contribution in [0.1, 0.15) is 22.0 Å². The van der Waals surface area contributed by atoms with E-state index in [9.17, 15) is 9.59 Å². The van der Waals surface area contributed by atoms with Gasteiger partial charge in [-0.05, 0) is 5.56 Å². The Bertz CT molecular complexity index is 422. The summed E-state index contributed by atoms with van der Waals surface area (Å²) in [6, 6.07) is 7.12. The van der Waals surface area contributed by atoms with Crippen molar-refractivity contribution in [3.8, 4) is 0 Å². The van der Waals surface area contributed by atoms with E-state index in [2.05, 4.69) is 0 Å². The number of hydrogen-bond donors (Lipinski definition) is 0. The van der Waals surface area contributed by atoms with Crippen LogP contribution in [0.3, 0.4) is 0 Å². The van der Waals surface area contributed by atoms with Crippen LogP contribution in [0.25, 0.3) is 0 Å². The standard InChI is InChI=1S/C10H6O3/c11-7-5-3-1-2-4-6(5)9-10(13-9)8(7)12/h1-4,9-10H. The Morgan fingerprint density at radius 2 is 1.85 bits per heavy atom. The van der Waals surface area contributed by atoms with Crippen LogP contribution in [0.2, 0.25) is 0 Å². The van der Waals surface area contributed by atoms with Gasteiger partial charge in [0.2, 0.25) is 11.6 Å². The lowest BCUT2D eigenvalue weighted by Gasteiger charge is -2.08. The summed E-state index contributed by atoms with van der Waals surface area (Å²) in [7, 11) is 0. The molecule has 1 aliphatic heterocycles. The fraction of sp³-hybridized carbons (Fsp3) is 0.200. The van der Waals surface area contributed by atoms with E-state index in [4.69, 9.17) is 4.74 Å². The Hall–Kier alpha value is -1.48. The lowest BCUT2D eigenvalue weighted by molar-refractivity contribution is -0.116. The molecule has 2 aliphatic rings. The molecule has 1 aromatic rings. The van der Waals surface area contributed by atoms with Crippen molar-refractivity contribution in [1.29, 1.82) is 0 Å². The quantitative estimate of drug-likeness (QED) is 0.433. The SMILES string of the molecule is O=C1C(=O)C2OC2c2ccccc21. The van der Waals surface area contributed by atoms with Gasteiger partial charge >= 0.3 is 0 Å². The van der Waals surface area contributed by atoms with Crippen LogP contribution in [0.15, 0.2) is 24.3 Å². The van der Waals surface area contributed by atoms with Crippen LogP contribution < -0.4 is 0 Å². The van der Waals surface area contributed by atoms with Gasteiger partial charge in [0.25, 0.3) is 0 Å². The predicted octanol–water partition coefficient (Wildman–Crippen LogP) is 0.892. The van der Waals surface area contributed by atoms with E-state index in [1.54, 1.807) is 12.1 Å². The van der Waals surface area contributed by atoms with Gasteiger partial charge in [-0.1, -0.05) is 24.3 Å². The topological polar surface area (TPSA) is 46.7 Å². The van der Waals surface area contributed by atoms with E-state index in [0.717, 1.165) is 5.56 Å². The number of carbonyl (C=O) groups is 2. The number of hydrogen-bond acceptors (Lipinski definition) is 3. The van der Waals surface area contributed by atoms with E-state index in [1.807, 2.05) is 12.1 Å². The number of Topliss-reactive ketones (excluding diaryl/α,β-unsaturated/α-hetero) is 2. The minimum atomic E-state index is -0.484. The summed E-state index contributed by atoms with van der Waals surface area (Å²) in [5, 5.41) is 0. The van der Waals surface area contributed by atoms with E-state index >= 15 is 0 Å². The molecule has 3 nitrogen and oxygen atoms in total.